The van der Waals surface area contributed by atoms with Crippen LogP contribution in [0, 0.1) is 17.2 Å². The fraction of sp³-hybridized carbons (Fsp3) is 0.583. The van der Waals surface area contributed by atoms with Crippen LogP contribution >= 0.6 is 0 Å². The highest BCUT2D eigenvalue weighted by atomic mass is 16.3. The number of hydrogen-bond donors (Lipinski definition) is 3. The Balaban J connectivity index is 2.77. The Bertz CT molecular complexity index is 352. The van der Waals surface area contributed by atoms with Gasteiger partial charge in [0.2, 0.25) is 0 Å². The van der Waals surface area contributed by atoms with E-state index < -0.39 is 24.2 Å². The van der Waals surface area contributed by atoms with Crippen LogP contribution < -0.4 is 0 Å². The lowest BCUT2D eigenvalue weighted by Crippen LogP contribution is -2.28. The van der Waals surface area contributed by atoms with E-state index in [1.807, 2.05) is 6.07 Å². The van der Waals surface area contributed by atoms with Gasteiger partial charge in [0.05, 0.1) is 18.1 Å². The molecule has 0 spiro atoms. The van der Waals surface area contributed by atoms with Crippen LogP contribution in [0.15, 0.2) is 23.3 Å². The van der Waals surface area contributed by atoms with Crippen molar-refractivity contribution in [1.82, 2.24) is 0 Å². The SMILES string of the molecule is CC1=CC(CC(C#N)C(C)O)=CC(O)C1O. The smallest absolute Gasteiger partial charge is 0.105 e. The van der Waals surface area contributed by atoms with Crippen molar-refractivity contribution < 1.29 is 15.3 Å². The Morgan fingerprint density at radius 2 is 2.12 bits per heavy atom. The lowest BCUT2D eigenvalue weighted by molar-refractivity contribution is 0.0702. The average Bonchev–Trinajstić information content (AvgIpc) is 2.21. The summed E-state index contributed by atoms with van der Waals surface area (Å²) < 4.78 is 0. The highest BCUT2D eigenvalue weighted by Gasteiger charge is 2.23. The summed E-state index contributed by atoms with van der Waals surface area (Å²) >= 11 is 0. The van der Waals surface area contributed by atoms with E-state index in [1.54, 1.807) is 19.9 Å². The van der Waals surface area contributed by atoms with Crippen LogP contribution in [0.25, 0.3) is 0 Å². The first-order valence-corrected chi connectivity index (χ1v) is 5.28. The predicted molar refractivity (Wildman–Crippen MR) is 59.3 cm³/mol. The summed E-state index contributed by atoms with van der Waals surface area (Å²) in [5, 5.41) is 37.2. The Morgan fingerprint density at radius 1 is 1.50 bits per heavy atom. The van der Waals surface area contributed by atoms with E-state index in [0.29, 0.717) is 12.0 Å². The Kier molecular flexibility index (Phi) is 4.25. The molecular formula is C12H17NO3. The first-order chi connectivity index (χ1) is 7.45. The van der Waals surface area contributed by atoms with Gasteiger partial charge in [0.15, 0.2) is 0 Å². The van der Waals surface area contributed by atoms with Gasteiger partial charge in [-0.25, -0.2) is 0 Å². The largest absolute Gasteiger partial charge is 0.392 e. The van der Waals surface area contributed by atoms with Crippen LogP contribution in [0.2, 0.25) is 0 Å². The molecule has 0 saturated heterocycles. The molecule has 0 bridgehead atoms. The Hall–Kier alpha value is -1.15. The van der Waals surface area contributed by atoms with E-state index in [1.165, 1.54) is 6.08 Å². The van der Waals surface area contributed by atoms with Crippen molar-refractivity contribution >= 4 is 0 Å². The van der Waals surface area contributed by atoms with Gasteiger partial charge in [-0.1, -0.05) is 6.08 Å². The van der Waals surface area contributed by atoms with E-state index in [4.69, 9.17) is 5.26 Å². The summed E-state index contributed by atoms with van der Waals surface area (Å²) in [4.78, 5) is 0. The zero-order valence-electron chi connectivity index (χ0n) is 9.46. The molecule has 0 fully saturated rings. The minimum atomic E-state index is -0.923. The van der Waals surface area contributed by atoms with Crippen molar-refractivity contribution in [2.75, 3.05) is 0 Å². The normalized spacial score (nSPS) is 28.8. The van der Waals surface area contributed by atoms with Crippen LogP contribution in [-0.2, 0) is 0 Å². The molecule has 1 aliphatic rings. The number of nitrogens with zero attached hydrogens (tertiary/aromatic N) is 1. The number of aliphatic hydroxyl groups excluding tert-OH is 3. The van der Waals surface area contributed by atoms with Crippen molar-refractivity contribution in [3.8, 4) is 6.07 Å². The molecule has 0 heterocycles. The molecule has 4 unspecified atom stereocenters. The molecule has 0 saturated carbocycles. The Labute approximate surface area is 95.1 Å². The van der Waals surface area contributed by atoms with E-state index >= 15 is 0 Å². The fourth-order valence-corrected chi connectivity index (χ4v) is 1.71. The van der Waals surface area contributed by atoms with Gasteiger partial charge < -0.3 is 15.3 Å². The number of hydrogen-bond acceptors (Lipinski definition) is 4. The second kappa shape index (κ2) is 5.26. The molecule has 0 aromatic carbocycles. The predicted octanol–water partition coefficient (Wildman–Crippen LogP) is 0.505. The lowest BCUT2D eigenvalue weighted by atomic mass is 9.89. The zero-order valence-corrected chi connectivity index (χ0v) is 9.46. The summed E-state index contributed by atoms with van der Waals surface area (Å²) in [5.74, 6) is -0.488. The van der Waals surface area contributed by atoms with Crippen LogP contribution in [0.5, 0.6) is 0 Å². The van der Waals surface area contributed by atoms with Crippen LogP contribution in [-0.4, -0.2) is 33.6 Å². The minimum absolute atomic E-state index is 0.384. The van der Waals surface area contributed by atoms with Gasteiger partial charge in [0.25, 0.3) is 0 Å². The second-order valence-electron chi connectivity index (χ2n) is 4.25. The maximum absolute atomic E-state index is 9.53. The van der Waals surface area contributed by atoms with Crippen molar-refractivity contribution in [2.45, 2.75) is 38.6 Å². The van der Waals surface area contributed by atoms with Gasteiger partial charge in [-0.15, -0.1) is 0 Å². The molecule has 88 valence electrons. The summed E-state index contributed by atoms with van der Waals surface area (Å²) in [6.45, 7) is 3.30. The van der Waals surface area contributed by atoms with Crippen LogP contribution in [0.3, 0.4) is 0 Å². The fourth-order valence-electron chi connectivity index (χ4n) is 1.71. The third-order valence-corrected chi connectivity index (χ3v) is 2.79. The number of rotatable bonds is 3. The molecule has 4 heteroatoms. The Morgan fingerprint density at radius 3 is 2.56 bits per heavy atom. The van der Waals surface area contributed by atoms with Gasteiger partial charge in [0.1, 0.15) is 12.2 Å². The van der Waals surface area contributed by atoms with Gasteiger partial charge in [-0.05, 0) is 37.5 Å². The quantitative estimate of drug-likeness (QED) is 0.650. The number of nitriles is 1. The summed E-state index contributed by atoms with van der Waals surface area (Å²) in [6, 6.07) is 2.03. The van der Waals surface area contributed by atoms with E-state index in [2.05, 4.69) is 0 Å². The summed E-state index contributed by atoms with van der Waals surface area (Å²) in [6.07, 6.45) is 1.18. The van der Waals surface area contributed by atoms with Crippen molar-refractivity contribution in [3.63, 3.8) is 0 Å². The summed E-state index contributed by atoms with van der Waals surface area (Å²) in [5.41, 5.74) is 1.45. The molecule has 3 N–H and O–H groups in total. The number of allylic oxidation sites excluding steroid dienone is 2. The van der Waals surface area contributed by atoms with Gasteiger partial charge in [-0.3, -0.25) is 0 Å². The van der Waals surface area contributed by atoms with E-state index in [9.17, 15) is 15.3 Å². The van der Waals surface area contributed by atoms with Crippen molar-refractivity contribution in [2.24, 2.45) is 5.92 Å². The third kappa shape index (κ3) is 2.92. The van der Waals surface area contributed by atoms with Crippen molar-refractivity contribution in [3.05, 3.63) is 23.3 Å². The third-order valence-electron chi connectivity index (χ3n) is 2.79. The molecule has 0 amide bonds. The molecule has 4 nitrogen and oxygen atoms in total. The number of aliphatic hydroxyl groups is 3. The highest BCUT2D eigenvalue weighted by molar-refractivity contribution is 5.33. The maximum atomic E-state index is 9.53. The lowest BCUT2D eigenvalue weighted by Gasteiger charge is -2.23. The first-order valence-electron chi connectivity index (χ1n) is 5.28. The van der Waals surface area contributed by atoms with E-state index in [-0.39, 0.29) is 0 Å². The molecular weight excluding hydrogens is 206 g/mol. The van der Waals surface area contributed by atoms with Crippen LogP contribution in [0.1, 0.15) is 20.3 Å². The zero-order chi connectivity index (χ0) is 12.3. The first kappa shape index (κ1) is 12.9. The molecule has 0 aliphatic heterocycles. The van der Waals surface area contributed by atoms with Crippen molar-refractivity contribution in [1.29, 1.82) is 5.26 Å². The standard InChI is InChI=1S/C12H17NO3/c1-7-3-9(5-11(15)12(7)16)4-10(6-13)8(2)14/h3,5,8,10-12,14-16H,4H2,1-2H3. The molecule has 16 heavy (non-hydrogen) atoms. The molecule has 1 rings (SSSR count). The van der Waals surface area contributed by atoms with Gasteiger partial charge >= 0.3 is 0 Å². The molecule has 0 aromatic rings. The molecule has 4 atom stereocenters. The van der Waals surface area contributed by atoms with E-state index in [0.717, 1.165) is 5.57 Å². The minimum Gasteiger partial charge on any atom is -0.392 e. The molecule has 0 aromatic heterocycles. The van der Waals surface area contributed by atoms with Crippen LogP contribution in [0.4, 0.5) is 0 Å². The average molecular weight is 223 g/mol. The summed E-state index contributed by atoms with van der Waals surface area (Å²) in [7, 11) is 0. The highest BCUT2D eigenvalue weighted by Crippen LogP contribution is 2.24. The topological polar surface area (TPSA) is 84.5 Å². The second-order valence-corrected chi connectivity index (χ2v) is 4.25. The van der Waals surface area contributed by atoms with Gasteiger partial charge in [0, 0.05) is 0 Å². The van der Waals surface area contributed by atoms with Gasteiger partial charge in [-0.2, -0.15) is 5.26 Å². The maximum Gasteiger partial charge on any atom is 0.105 e. The monoisotopic (exact) mass is 223 g/mol. The molecule has 0 radical (unpaired) electrons. The molecule has 1 aliphatic carbocycles.